The number of para-hydroxylation sites is 1. The van der Waals surface area contributed by atoms with Gasteiger partial charge in [0.25, 0.3) is 0 Å². The number of rotatable bonds is 6. The summed E-state index contributed by atoms with van der Waals surface area (Å²) in [5, 5.41) is 19.7. The number of phenols is 1. The van der Waals surface area contributed by atoms with Gasteiger partial charge in [0.15, 0.2) is 0 Å². The molecule has 1 aliphatic heterocycles. The molecule has 0 aliphatic carbocycles. The first kappa shape index (κ1) is 20.7. The lowest BCUT2D eigenvalue weighted by atomic mass is 10.1. The SMILES string of the molecule is Oc1ccccc1/C=N\Nc1nc(Nc2ccc3ccccc3c2)nc(N2CCOCC2)n1. The average molecular weight is 441 g/mol. The molecule has 166 valence electrons. The molecule has 33 heavy (non-hydrogen) atoms. The van der Waals surface area contributed by atoms with Crippen molar-refractivity contribution in [2.24, 2.45) is 5.10 Å². The molecule has 0 radical (unpaired) electrons. The van der Waals surface area contributed by atoms with E-state index in [1.54, 1.807) is 18.2 Å². The van der Waals surface area contributed by atoms with Crippen LogP contribution in [0, 0.1) is 0 Å². The van der Waals surface area contributed by atoms with Crippen molar-refractivity contribution in [1.29, 1.82) is 0 Å². The first-order valence-electron chi connectivity index (χ1n) is 10.7. The monoisotopic (exact) mass is 441 g/mol. The third kappa shape index (κ3) is 4.99. The zero-order chi connectivity index (χ0) is 22.5. The molecule has 9 heteroatoms. The zero-order valence-electron chi connectivity index (χ0n) is 17.8. The van der Waals surface area contributed by atoms with Gasteiger partial charge < -0.3 is 20.1 Å². The Morgan fingerprint density at radius 1 is 0.879 bits per heavy atom. The maximum absolute atomic E-state index is 9.92. The molecule has 3 aromatic carbocycles. The lowest BCUT2D eigenvalue weighted by molar-refractivity contribution is 0.122. The van der Waals surface area contributed by atoms with Crippen molar-refractivity contribution < 1.29 is 9.84 Å². The number of nitrogens with zero attached hydrogens (tertiary/aromatic N) is 5. The molecule has 0 amide bonds. The van der Waals surface area contributed by atoms with Crippen molar-refractivity contribution in [1.82, 2.24) is 15.0 Å². The van der Waals surface area contributed by atoms with Gasteiger partial charge in [-0.25, -0.2) is 5.43 Å². The van der Waals surface area contributed by atoms with Gasteiger partial charge >= 0.3 is 0 Å². The molecule has 2 heterocycles. The summed E-state index contributed by atoms with van der Waals surface area (Å²) in [6.45, 7) is 2.63. The fourth-order valence-corrected chi connectivity index (χ4v) is 3.53. The first-order valence-corrected chi connectivity index (χ1v) is 10.7. The topological polar surface area (TPSA) is 108 Å². The standard InChI is InChI=1S/C24H23N7O2/c32-21-8-4-3-7-19(21)16-25-30-23-27-22(28-24(29-23)31-11-13-33-14-12-31)26-20-10-9-17-5-1-2-6-18(17)15-20/h1-10,15-16,32H,11-14H2,(H2,26,27,28,29,30)/b25-16-. The van der Waals surface area contributed by atoms with Gasteiger partial charge in [-0.1, -0.05) is 42.5 Å². The number of aromatic hydroxyl groups is 1. The second-order valence-corrected chi connectivity index (χ2v) is 7.50. The van der Waals surface area contributed by atoms with E-state index < -0.39 is 0 Å². The van der Waals surface area contributed by atoms with Gasteiger partial charge in [0.1, 0.15) is 5.75 Å². The molecule has 1 aliphatic rings. The Balaban J connectivity index is 1.42. The second-order valence-electron chi connectivity index (χ2n) is 7.50. The lowest BCUT2D eigenvalue weighted by Gasteiger charge is -2.27. The van der Waals surface area contributed by atoms with E-state index in [1.165, 1.54) is 6.21 Å². The lowest BCUT2D eigenvalue weighted by Crippen LogP contribution is -2.37. The number of hydrogen-bond donors (Lipinski definition) is 3. The van der Waals surface area contributed by atoms with Crippen LogP contribution in [-0.2, 0) is 4.74 Å². The highest BCUT2D eigenvalue weighted by Crippen LogP contribution is 2.23. The molecule has 0 bridgehead atoms. The van der Waals surface area contributed by atoms with Crippen LogP contribution < -0.4 is 15.6 Å². The molecule has 3 N–H and O–H groups in total. The van der Waals surface area contributed by atoms with Crippen LogP contribution in [0.3, 0.4) is 0 Å². The van der Waals surface area contributed by atoms with Gasteiger partial charge in [0.05, 0.1) is 19.4 Å². The number of morpholine rings is 1. The molecule has 9 nitrogen and oxygen atoms in total. The third-order valence-electron chi connectivity index (χ3n) is 5.23. The van der Waals surface area contributed by atoms with E-state index in [-0.39, 0.29) is 5.75 Å². The predicted molar refractivity (Wildman–Crippen MR) is 129 cm³/mol. The van der Waals surface area contributed by atoms with Gasteiger partial charge in [-0.15, -0.1) is 0 Å². The number of aromatic nitrogens is 3. The second kappa shape index (κ2) is 9.49. The van der Waals surface area contributed by atoms with Crippen LogP contribution in [-0.4, -0.2) is 52.6 Å². The molecule has 0 spiro atoms. The number of ether oxygens (including phenoxy) is 1. The minimum absolute atomic E-state index is 0.145. The smallest absolute Gasteiger partial charge is 0.250 e. The summed E-state index contributed by atoms with van der Waals surface area (Å²) in [6.07, 6.45) is 1.52. The maximum Gasteiger partial charge on any atom is 0.250 e. The van der Waals surface area contributed by atoms with Crippen molar-refractivity contribution in [3.8, 4) is 5.75 Å². The van der Waals surface area contributed by atoms with Gasteiger partial charge in [-0.05, 0) is 35.0 Å². The predicted octanol–water partition coefficient (Wildman–Crippen LogP) is 3.76. The van der Waals surface area contributed by atoms with Crippen LogP contribution in [0.2, 0.25) is 0 Å². The highest BCUT2D eigenvalue weighted by atomic mass is 16.5. The molecule has 0 saturated carbocycles. The number of hydrazone groups is 1. The maximum atomic E-state index is 9.92. The van der Waals surface area contributed by atoms with E-state index in [2.05, 4.69) is 60.0 Å². The van der Waals surface area contributed by atoms with E-state index in [0.717, 1.165) is 16.5 Å². The van der Waals surface area contributed by atoms with Crippen molar-refractivity contribution in [3.05, 3.63) is 72.3 Å². The highest BCUT2D eigenvalue weighted by Gasteiger charge is 2.17. The molecule has 1 saturated heterocycles. The Morgan fingerprint density at radius 2 is 1.64 bits per heavy atom. The Hall–Kier alpha value is -4.24. The molecular formula is C24H23N7O2. The molecule has 0 unspecified atom stereocenters. The normalized spacial score (nSPS) is 14.0. The van der Waals surface area contributed by atoms with Crippen LogP contribution in [0.1, 0.15) is 5.56 Å². The number of fused-ring (bicyclic) bond motifs is 1. The van der Waals surface area contributed by atoms with E-state index in [1.807, 2.05) is 24.3 Å². The minimum Gasteiger partial charge on any atom is -0.507 e. The number of hydrogen-bond acceptors (Lipinski definition) is 9. The molecule has 5 rings (SSSR count). The molecule has 0 atom stereocenters. The van der Waals surface area contributed by atoms with Gasteiger partial charge in [0, 0.05) is 24.3 Å². The Bertz CT molecular complexity index is 1290. The Morgan fingerprint density at radius 3 is 2.48 bits per heavy atom. The van der Waals surface area contributed by atoms with Crippen LogP contribution in [0.15, 0.2) is 71.8 Å². The summed E-state index contributed by atoms with van der Waals surface area (Å²) in [4.78, 5) is 15.7. The fraction of sp³-hybridized carbons (Fsp3) is 0.167. The molecule has 1 fully saturated rings. The van der Waals surface area contributed by atoms with Crippen molar-refractivity contribution in [2.45, 2.75) is 0 Å². The summed E-state index contributed by atoms with van der Waals surface area (Å²) in [5.41, 5.74) is 4.31. The summed E-state index contributed by atoms with van der Waals surface area (Å²) >= 11 is 0. The largest absolute Gasteiger partial charge is 0.507 e. The number of phenolic OH excluding ortho intramolecular Hbond substituents is 1. The first-order chi connectivity index (χ1) is 16.2. The van der Waals surface area contributed by atoms with Crippen molar-refractivity contribution >= 4 is 40.5 Å². The minimum atomic E-state index is 0.145. The fourth-order valence-electron chi connectivity index (χ4n) is 3.53. The number of nitrogens with one attached hydrogen (secondary N) is 2. The summed E-state index contributed by atoms with van der Waals surface area (Å²) in [5.74, 6) is 1.38. The van der Waals surface area contributed by atoms with Crippen LogP contribution in [0.5, 0.6) is 5.75 Å². The van der Waals surface area contributed by atoms with Crippen LogP contribution in [0.25, 0.3) is 10.8 Å². The summed E-state index contributed by atoms with van der Waals surface area (Å²) in [6, 6.07) is 21.2. The summed E-state index contributed by atoms with van der Waals surface area (Å²) in [7, 11) is 0. The third-order valence-corrected chi connectivity index (χ3v) is 5.23. The van der Waals surface area contributed by atoms with Crippen molar-refractivity contribution in [3.63, 3.8) is 0 Å². The Kier molecular flexibility index (Phi) is 5.94. The number of anilines is 4. The Labute approximate surface area is 190 Å². The number of benzene rings is 3. The van der Waals surface area contributed by atoms with E-state index in [9.17, 15) is 5.11 Å². The van der Waals surface area contributed by atoms with Crippen molar-refractivity contribution in [2.75, 3.05) is 41.9 Å². The van der Waals surface area contributed by atoms with E-state index in [4.69, 9.17) is 4.74 Å². The van der Waals surface area contributed by atoms with Gasteiger partial charge in [-0.3, -0.25) is 0 Å². The highest BCUT2D eigenvalue weighted by molar-refractivity contribution is 5.86. The zero-order valence-corrected chi connectivity index (χ0v) is 17.8. The van der Waals surface area contributed by atoms with E-state index >= 15 is 0 Å². The van der Waals surface area contributed by atoms with E-state index in [0.29, 0.717) is 49.7 Å². The van der Waals surface area contributed by atoms with Gasteiger partial charge in [0.2, 0.25) is 17.8 Å². The molecule has 4 aromatic rings. The quantitative estimate of drug-likeness (QED) is 0.307. The van der Waals surface area contributed by atoms with Crippen LogP contribution in [0.4, 0.5) is 23.5 Å². The molecule has 1 aromatic heterocycles. The van der Waals surface area contributed by atoms with Gasteiger partial charge in [-0.2, -0.15) is 20.1 Å². The summed E-state index contributed by atoms with van der Waals surface area (Å²) < 4.78 is 5.45. The molecular weight excluding hydrogens is 418 g/mol. The van der Waals surface area contributed by atoms with Crippen LogP contribution >= 0.6 is 0 Å². The average Bonchev–Trinajstić information content (AvgIpc) is 2.86.